The molecule has 0 aliphatic rings. The topological polar surface area (TPSA) is 98.7 Å². The van der Waals surface area contributed by atoms with Gasteiger partial charge in [-0.2, -0.15) is 0 Å². The lowest BCUT2D eigenvalue weighted by molar-refractivity contribution is -0.143. The maximum absolute atomic E-state index is 12.5. The van der Waals surface area contributed by atoms with Gasteiger partial charge in [0.1, 0.15) is 5.41 Å². The molecule has 0 saturated carbocycles. The first-order valence-electron chi connectivity index (χ1n) is 8.01. The second kappa shape index (κ2) is 7.62. The summed E-state index contributed by atoms with van der Waals surface area (Å²) >= 11 is 0. The largest absolute Gasteiger partial charge is 0.394 e. The molecule has 0 fully saturated rings. The summed E-state index contributed by atoms with van der Waals surface area (Å²) in [5.74, 6) is -0.899. The van der Waals surface area contributed by atoms with Crippen molar-refractivity contribution in [2.75, 3.05) is 13.2 Å². The number of carbonyl (C=O) groups is 2. The average molecular weight is 330 g/mol. The summed E-state index contributed by atoms with van der Waals surface area (Å²) in [4.78, 5) is 25.0. The first-order valence-corrected chi connectivity index (χ1v) is 8.01. The summed E-state index contributed by atoms with van der Waals surface area (Å²) in [6, 6.07) is -0.892. The molecule has 0 radical (unpaired) electrons. The molecular weight excluding hydrogens is 296 g/mol. The van der Waals surface area contributed by atoms with E-state index in [9.17, 15) is 19.8 Å². The van der Waals surface area contributed by atoms with E-state index in [1.54, 1.807) is 0 Å². The normalized spacial score (nSPS) is 15.7. The van der Waals surface area contributed by atoms with Gasteiger partial charge in [0.05, 0.1) is 25.3 Å². The lowest BCUT2D eigenvalue weighted by Crippen LogP contribution is -2.57. The van der Waals surface area contributed by atoms with Crippen LogP contribution in [0, 0.1) is 16.2 Å². The van der Waals surface area contributed by atoms with Crippen LogP contribution in [0.5, 0.6) is 0 Å². The molecule has 0 spiro atoms. The lowest BCUT2D eigenvalue weighted by Gasteiger charge is -2.35. The maximum Gasteiger partial charge on any atom is 0.235 e. The Bertz CT molecular complexity index is 381. The van der Waals surface area contributed by atoms with E-state index in [4.69, 9.17) is 0 Å². The Balaban J connectivity index is 5.09. The van der Waals surface area contributed by atoms with E-state index in [0.29, 0.717) is 0 Å². The van der Waals surface area contributed by atoms with Crippen molar-refractivity contribution in [2.24, 2.45) is 16.2 Å². The van der Waals surface area contributed by atoms with E-state index < -0.39 is 29.3 Å². The molecular formula is C17H34N2O4. The Morgan fingerprint density at radius 1 is 0.739 bits per heavy atom. The number of aliphatic hydroxyl groups is 2. The van der Waals surface area contributed by atoms with E-state index in [-0.39, 0.29) is 24.0 Å². The van der Waals surface area contributed by atoms with Gasteiger partial charge in [-0.1, -0.05) is 41.5 Å². The van der Waals surface area contributed by atoms with E-state index in [1.165, 1.54) is 13.8 Å². The van der Waals surface area contributed by atoms with Gasteiger partial charge in [-0.3, -0.25) is 9.59 Å². The number of aliphatic hydroxyl groups excluding tert-OH is 2. The zero-order valence-electron chi connectivity index (χ0n) is 15.8. The van der Waals surface area contributed by atoms with Gasteiger partial charge in [0, 0.05) is 0 Å². The van der Waals surface area contributed by atoms with E-state index in [2.05, 4.69) is 10.6 Å². The number of hydrogen-bond donors (Lipinski definition) is 4. The molecule has 2 unspecified atom stereocenters. The molecule has 0 aromatic heterocycles. The number of carbonyl (C=O) groups excluding carboxylic acids is 2. The standard InChI is InChI=1S/C17H34N2O4/c1-15(2,3)11(9-20)18-13(22)17(7,8)14(23)19-12(10-21)16(4,5)6/h11-12,20-21H,9-10H2,1-8H3,(H,18,22)(H,19,23). The van der Waals surface area contributed by atoms with Gasteiger partial charge in [-0.25, -0.2) is 0 Å². The minimum absolute atomic E-state index is 0.200. The Labute approximate surface area is 140 Å². The molecule has 0 bridgehead atoms. The number of amides is 2. The third-order valence-corrected chi connectivity index (χ3v) is 4.20. The maximum atomic E-state index is 12.5. The number of hydrogen-bond acceptors (Lipinski definition) is 4. The summed E-state index contributed by atoms with van der Waals surface area (Å²) in [5.41, 5.74) is -1.96. The van der Waals surface area contributed by atoms with Gasteiger partial charge in [-0.15, -0.1) is 0 Å². The van der Waals surface area contributed by atoms with Gasteiger partial charge in [0.25, 0.3) is 0 Å². The number of rotatable bonds is 6. The summed E-state index contributed by atoms with van der Waals surface area (Å²) in [7, 11) is 0. The Hall–Kier alpha value is -1.14. The van der Waals surface area contributed by atoms with Crippen molar-refractivity contribution >= 4 is 11.8 Å². The summed E-state index contributed by atoms with van der Waals surface area (Å²) in [6.45, 7) is 14.1. The van der Waals surface area contributed by atoms with Crippen molar-refractivity contribution < 1.29 is 19.8 Å². The van der Waals surface area contributed by atoms with Gasteiger partial charge in [0.2, 0.25) is 11.8 Å². The highest BCUT2D eigenvalue weighted by Crippen LogP contribution is 2.24. The quantitative estimate of drug-likeness (QED) is 0.547. The van der Waals surface area contributed by atoms with Gasteiger partial charge >= 0.3 is 0 Å². The molecule has 23 heavy (non-hydrogen) atoms. The average Bonchev–Trinajstić information content (AvgIpc) is 2.38. The molecule has 0 heterocycles. The van der Waals surface area contributed by atoms with E-state index >= 15 is 0 Å². The fourth-order valence-corrected chi connectivity index (χ4v) is 1.85. The predicted octanol–water partition coefficient (Wildman–Crippen LogP) is 1.06. The summed E-state index contributed by atoms with van der Waals surface area (Å²) < 4.78 is 0. The van der Waals surface area contributed by atoms with Crippen LogP contribution >= 0.6 is 0 Å². The van der Waals surface area contributed by atoms with Crippen molar-refractivity contribution in [3.05, 3.63) is 0 Å². The molecule has 0 rings (SSSR count). The zero-order chi connectivity index (χ0) is 18.6. The smallest absolute Gasteiger partial charge is 0.235 e. The van der Waals surface area contributed by atoms with Crippen LogP contribution in [-0.2, 0) is 9.59 Å². The highest BCUT2D eigenvalue weighted by molar-refractivity contribution is 6.04. The van der Waals surface area contributed by atoms with Crippen LogP contribution in [0.15, 0.2) is 0 Å². The molecule has 0 aliphatic heterocycles. The molecule has 0 aliphatic carbocycles. The fourth-order valence-electron chi connectivity index (χ4n) is 1.85. The molecule has 0 aromatic carbocycles. The second-order valence-electron chi connectivity index (χ2n) is 8.77. The first kappa shape index (κ1) is 21.9. The van der Waals surface area contributed by atoms with Crippen molar-refractivity contribution in [2.45, 2.75) is 67.5 Å². The Morgan fingerprint density at radius 3 is 1.17 bits per heavy atom. The third-order valence-electron chi connectivity index (χ3n) is 4.20. The summed E-state index contributed by atoms with van der Waals surface area (Å²) in [6.07, 6.45) is 0. The Morgan fingerprint density at radius 2 is 1.00 bits per heavy atom. The molecule has 4 N–H and O–H groups in total. The van der Waals surface area contributed by atoms with Crippen LogP contribution in [0.25, 0.3) is 0 Å². The van der Waals surface area contributed by atoms with Crippen molar-refractivity contribution in [3.63, 3.8) is 0 Å². The molecule has 2 atom stereocenters. The van der Waals surface area contributed by atoms with Crippen LogP contribution in [-0.4, -0.2) is 47.3 Å². The third kappa shape index (κ3) is 6.11. The lowest BCUT2D eigenvalue weighted by atomic mass is 9.83. The number of nitrogens with one attached hydrogen (secondary N) is 2. The summed E-state index contributed by atoms with van der Waals surface area (Å²) in [5, 5.41) is 24.4. The monoisotopic (exact) mass is 330 g/mol. The predicted molar refractivity (Wildman–Crippen MR) is 90.7 cm³/mol. The Kier molecular flexibility index (Phi) is 7.24. The highest BCUT2D eigenvalue weighted by Gasteiger charge is 2.40. The SMILES string of the molecule is CC(C)(C(=O)NC(CO)C(C)(C)C)C(=O)NC(CO)C(C)(C)C. The first-order chi connectivity index (χ1) is 10.2. The molecule has 0 aromatic rings. The van der Waals surface area contributed by atoms with Gasteiger partial charge in [0.15, 0.2) is 0 Å². The molecule has 0 saturated heterocycles. The van der Waals surface area contributed by atoms with Crippen LogP contribution in [0.3, 0.4) is 0 Å². The van der Waals surface area contributed by atoms with Crippen molar-refractivity contribution in [1.82, 2.24) is 10.6 Å². The highest BCUT2D eigenvalue weighted by atomic mass is 16.3. The van der Waals surface area contributed by atoms with E-state index in [1.807, 2.05) is 41.5 Å². The van der Waals surface area contributed by atoms with Crippen molar-refractivity contribution in [1.29, 1.82) is 0 Å². The van der Waals surface area contributed by atoms with Gasteiger partial charge in [-0.05, 0) is 24.7 Å². The van der Waals surface area contributed by atoms with Crippen LogP contribution in [0.1, 0.15) is 55.4 Å². The minimum atomic E-state index is -1.31. The molecule has 136 valence electrons. The molecule has 2 amide bonds. The zero-order valence-corrected chi connectivity index (χ0v) is 15.8. The van der Waals surface area contributed by atoms with Gasteiger partial charge < -0.3 is 20.8 Å². The second-order valence-corrected chi connectivity index (χ2v) is 8.77. The molecule has 6 nitrogen and oxygen atoms in total. The molecule has 6 heteroatoms. The fraction of sp³-hybridized carbons (Fsp3) is 0.882. The van der Waals surface area contributed by atoms with Crippen LogP contribution in [0.2, 0.25) is 0 Å². The minimum Gasteiger partial charge on any atom is -0.394 e. The van der Waals surface area contributed by atoms with Crippen molar-refractivity contribution in [3.8, 4) is 0 Å². The van der Waals surface area contributed by atoms with Crippen LogP contribution < -0.4 is 10.6 Å². The van der Waals surface area contributed by atoms with E-state index in [0.717, 1.165) is 0 Å². The van der Waals surface area contributed by atoms with Crippen LogP contribution in [0.4, 0.5) is 0 Å².